The zero-order valence-electron chi connectivity index (χ0n) is 14.9. The molecule has 10 nitrogen and oxygen atoms in total. The van der Waals surface area contributed by atoms with Gasteiger partial charge < -0.3 is 29.5 Å². The number of aromatic nitrogens is 2. The number of rotatable bonds is 5. The molecule has 5 atom stereocenters. The van der Waals surface area contributed by atoms with E-state index in [9.17, 15) is 20.1 Å². The maximum absolute atomic E-state index is 11.9. The molecule has 2 fully saturated rings. The molecule has 11 heteroatoms. The van der Waals surface area contributed by atoms with E-state index in [4.69, 9.17) is 14.2 Å². The second-order valence-electron chi connectivity index (χ2n) is 6.47. The normalized spacial score (nSPS) is 32.4. The minimum atomic E-state index is -1.42. The fourth-order valence-corrected chi connectivity index (χ4v) is 3.62. The smallest absolute Gasteiger partial charge is 0.301 e. The summed E-state index contributed by atoms with van der Waals surface area (Å²) in [5, 5.41) is 31.2. The maximum atomic E-state index is 11.9. The summed E-state index contributed by atoms with van der Waals surface area (Å²) in [5.41, 5.74) is -0.453. The Labute approximate surface area is 169 Å². The third-order valence-electron chi connectivity index (χ3n) is 4.65. The zero-order valence-corrected chi connectivity index (χ0v) is 17.1. The Hall–Kier alpha value is -0.830. The fraction of sp³-hybridized carbons (Fsp3) is 0.750. The molecule has 2 saturated heterocycles. The summed E-state index contributed by atoms with van der Waals surface area (Å²) in [4.78, 5) is 17.8. The number of hydrogen-bond acceptors (Lipinski definition) is 9. The average Bonchev–Trinajstić information content (AvgIpc) is 2.66. The first-order valence-corrected chi connectivity index (χ1v) is 9.91. The molecule has 0 amide bonds. The van der Waals surface area contributed by atoms with E-state index < -0.39 is 36.2 Å². The SMILES string of the molecule is CCOc1nc(=O)c(I)cn1C1O[C@H](CN2CCOCC2)[C@@H](O)[C@H](O)[C@H]1O. The Morgan fingerprint density at radius 3 is 2.63 bits per heavy atom. The van der Waals surface area contributed by atoms with Gasteiger partial charge in [-0.1, -0.05) is 0 Å². The Balaban J connectivity index is 1.87. The summed E-state index contributed by atoms with van der Waals surface area (Å²) >= 11 is 1.83. The number of aliphatic hydroxyl groups is 3. The lowest BCUT2D eigenvalue weighted by molar-refractivity contribution is -0.249. The Morgan fingerprint density at radius 2 is 1.96 bits per heavy atom. The van der Waals surface area contributed by atoms with Crippen LogP contribution in [0, 0.1) is 3.57 Å². The average molecular weight is 497 g/mol. The van der Waals surface area contributed by atoms with E-state index in [1.807, 2.05) is 22.6 Å². The topological polar surface area (TPSA) is 127 Å². The number of halogens is 1. The molecule has 3 rings (SSSR count). The lowest BCUT2D eigenvalue weighted by Gasteiger charge is -2.43. The molecule has 0 radical (unpaired) electrons. The second-order valence-corrected chi connectivity index (χ2v) is 7.63. The van der Waals surface area contributed by atoms with E-state index in [1.54, 1.807) is 6.92 Å². The summed E-state index contributed by atoms with van der Waals surface area (Å²) in [6.45, 7) is 4.95. The van der Waals surface area contributed by atoms with Gasteiger partial charge in [-0.25, -0.2) is 0 Å². The van der Waals surface area contributed by atoms with Gasteiger partial charge in [-0.15, -0.1) is 0 Å². The predicted octanol–water partition coefficient (Wildman–Crippen LogP) is -1.44. The molecule has 2 aliphatic heterocycles. The van der Waals surface area contributed by atoms with Crippen molar-refractivity contribution >= 4 is 22.6 Å². The van der Waals surface area contributed by atoms with Gasteiger partial charge in [-0.3, -0.25) is 14.3 Å². The maximum Gasteiger partial charge on any atom is 0.301 e. The number of hydrogen-bond donors (Lipinski definition) is 3. The van der Waals surface area contributed by atoms with Crippen LogP contribution >= 0.6 is 22.6 Å². The molecule has 2 aliphatic rings. The van der Waals surface area contributed by atoms with Crippen LogP contribution in [0.25, 0.3) is 0 Å². The van der Waals surface area contributed by atoms with E-state index in [1.165, 1.54) is 10.8 Å². The quantitative estimate of drug-likeness (QED) is 0.420. The van der Waals surface area contributed by atoms with Crippen LogP contribution in [0.3, 0.4) is 0 Å². The van der Waals surface area contributed by atoms with Gasteiger partial charge in [0.2, 0.25) is 0 Å². The third-order valence-corrected chi connectivity index (χ3v) is 5.39. The van der Waals surface area contributed by atoms with Gasteiger partial charge in [0.25, 0.3) is 5.56 Å². The first-order chi connectivity index (χ1) is 12.9. The molecule has 0 aliphatic carbocycles. The van der Waals surface area contributed by atoms with E-state index >= 15 is 0 Å². The molecular formula is C16H24IN3O7. The molecule has 0 aromatic carbocycles. The van der Waals surface area contributed by atoms with Crippen molar-refractivity contribution in [2.45, 2.75) is 37.6 Å². The van der Waals surface area contributed by atoms with Crippen LogP contribution in [0.1, 0.15) is 13.2 Å². The molecule has 152 valence electrons. The molecule has 27 heavy (non-hydrogen) atoms. The molecule has 1 aromatic heterocycles. The summed E-state index contributed by atoms with van der Waals surface area (Å²) in [6, 6.07) is -0.0133. The molecule has 3 heterocycles. The Kier molecular flexibility index (Phi) is 7.05. The summed E-state index contributed by atoms with van der Waals surface area (Å²) in [6.07, 6.45) is -4.41. The first-order valence-electron chi connectivity index (χ1n) is 8.83. The number of aliphatic hydroxyl groups excluding tert-OH is 3. The van der Waals surface area contributed by atoms with Crippen molar-refractivity contribution in [2.24, 2.45) is 0 Å². The summed E-state index contributed by atoms with van der Waals surface area (Å²) in [7, 11) is 0. The third kappa shape index (κ3) is 4.60. The molecular weight excluding hydrogens is 473 g/mol. The van der Waals surface area contributed by atoms with E-state index in [0.717, 1.165) is 0 Å². The highest BCUT2D eigenvalue weighted by molar-refractivity contribution is 14.1. The van der Waals surface area contributed by atoms with Gasteiger partial charge in [0, 0.05) is 25.8 Å². The van der Waals surface area contributed by atoms with Crippen LogP contribution in [-0.4, -0.2) is 93.6 Å². The molecule has 1 unspecified atom stereocenters. The van der Waals surface area contributed by atoms with Crippen LogP contribution in [0.2, 0.25) is 0 Å². The fourth-order valence-electron chi connectivity index (χ4n) is 3.20. The van der Waals surface area contributed by atoms with E-state index in [0.29, 0.717) is 36.4 Å². The highest BCUT2D eigenvalue weighted by Gasteiger charge is 2.45. The number of morpholine rings is 1. The Morgan fingerprint density at radius 1 is 1.26 bits per heavy atom. The van der Waals surface area contributed by atoms with Gasteiger partial charge in [-0.05, 0) is 29.5 Å². The van der Waals surface area contributed by atoms with E-state index in [2.05, 4.69) is 9.88 Å². The summed E-state index contributed by atoms with van der Waals surface area (Å²) in [5.74, 6) is 0. The monoisotopic (exact) mass is 497 g/mol. The molecule has 0 saturated carbocycles. The first kappa shape index (κ1) is 20.9. The molecule has 0 spiro atoms. The van der Waals surface area contributed by atoms with Crippen LogP contribution in [0.5, 0.6) is 6.01 Å². The number of ether oxygens (including phenoxy) is 3. The zero-order chi connectivity index (χ0) is 19.6. The second kappa shape index (κ2) is 9.11. The largest absolute Gasteiger partial charge is 0.465 e. The van der Waals surface area contributed by atoms with Gasteiger partial charge in [-0.2, -0.15) is 4.98 Å². The van der Waals surface area contributed by atoms with Crippen molar-refractivity contribution < 1.29 is 29.5 Å². The standard InChI is InChI=1S/C16H24IN3O7/c1-2-26-16-18-14(24)9(17)7-20(16)15-13(23)12(22)11(21)10(27-15)8-19-3-5-25-6-4-19/h7,10-13,15,21-23H,2-6,8H2,1H3/t10-,11-,12+,13-,15?/m1/s1. The van der Waals surface area contributed by atoms with Crippen molar-refractivity contribution in [1.29, 1.82) is 0 Å². The van der Waals surface area contributed by atoms with Crippen molar-refractivity contribution in [3.63, 3.8) is 0 Å². The number of nitrogens with zero attached hydrogens (tertiary/aromatic N) is 3. The highest BCUT2D eigenvalue weighted by Crippen LogP contribution is 2.31. The van der Waals surface area contributed by atoms with Crippen molar-refractivity contribution in [2.75, 3.05) is 39.5 Å². The van der Waals surface area contributed by atoms with Gasteiger partial charge in [0.15, 0.2) is 6.23 Å². The minimum absolute atomic E-state index is 0.0133. The van der Waals surface area contributed by atoms with Gasteiger partial charge in [0.05, 0.1) is 23.4 Å². The molecule has 3 N–H and O–H groups in total. The molecule has 0 bridgehead atoms. The van der Waals surface area contributed by atoms with Gasteiger partial charge >= 0.3 is 6.01 Å². The van der Waals surface area contributed by atoms with E-state index in [-0.39, 0.29) is 12.6 Å². The van der Waals surface area contributed by atoms with Crippen molar-refractivity contribution in [3.05, 3.63) is 20.1 Å². The van der Waals surface area contributed by atoms with Gasteiger partial charge in [0.1, 0.15) is 24.4 Å². The Bertz CT molecular complexity index is 697. The minimum Gasteiger partial charge on any atom is -0.465 e. The van der Waals surface area contributed by atoms with Crippen LogP contribution < -0.4 is 10.3 Å². The van der Waals surface area contributed by atoms with Crippen LogP contribution in [0.4, 0.5) is 0 Å². The lowest BCUT2D eigenvalue weighted by Crippen LogP contribution is -2.59. The molecule has 1 aromatic rings. The van der Waals surface area contributed by atoms with Crippen LogP contribution in [-0.2, 0) is 9.47 Å². The lowest BCUT2D eigenvalue weighted by atomic mass is 9.97. The predicted molar refractivity (Wildman–Crippen MR) is 102 cm³/mol. The summed E-state index contributed by atoms with van der Waals surface area (Å²) < 4.78 is 18.4. The van der Waals surface area contributed by atoms with Crippen molar-refractivity contribution in [1.82, 2.24) is 14.5 Å². The van der Waals surface area contributed by atoms with Crippen LogP contribution in [0.15, 0.2) is 11.0 Å². The van der Waals surface area contributed by atoms with Crippen molar-refractivity contribution in [3.8, 4) is 6.01 Å². The highest BCUT2D eigenvalue weighted by atomic mass is 127.